The van der Waals surface area contributed by atoms with E-state index in [1.54, 1.807) is 10.8 Å². The zero-order chi connectivity index (χ0) is 23.9. The molecule has 0 bridgehead atoms. The Morgan fingerprint density at radius 1 is 1.00 bits per heavy atom. The fourth-order valence-corrected chi connectivity index (χ4v) is 5.08. The summed E-state index contributed by atoms with van der Waals surface area (Å²) in [7, 11) is 0. The topological polar surface area (TPSA) is 78.2 Å². The van der Waals surface area contributed by atoms with Crippen LogP contribution in [0, 0.1) is 6.92 Å². The smallest absolute Gasteiger partial charge is 0.267 e. The molecule has 0 radical (unpaired) electrons. The van der Waals surface area contributed by atoms with Gasteiger partial charge in [-0.2, -0.15) is 0 Å². The van der Waals surface area contributed by atoms with Gasteiger partial charge < -0.3 is 4.42 Å². The summed E-state index contributed by atoms with van der Waals surface area (Å²) in [5, 5.41) is 10.7. The van der Waals surface area contributed by atoms with Gasteiger partial charge in [0, 0.05) is 16.3 Å². The first-order valence-electron chi connectivity index (χ1n) is 10.9. The minimum atomic E-state index is -0.131. The molecule has 0 spiro atoms. The van der Waals surface area contributed by atoms with Gasteiger partial charge in [0.05, 0.1) is 22.3 Å². The molecule has 3 aromatic carbocycles. The van der Waals surface area contributed by atoms with E-state index in [4.69, 9.17) is 16.0 Å². The van der Waals surface area contributed by atoms with E-state index in [2.05, 4.69) is 15.2 Å². The maximum Gasteiger partial charge on any atom is 0.267 e. The third kappa shape index (κ3) is 3.80. The Labute approximate surface area is 209 Å². The van der Waals surface area contributed by atoms with E-state index >= 15 is 0 Å². The van der Waals surface area contributed by atoms with Gasteiger partial charge in [-0.15, -0.1) is 10.2 Å². The summed E-state index contributed by atoms with van der Waals surface area (Å²) < 4.78 is 9.22. The number of hydrogen-bond donors (Lipinski definition) is 0. The monoisotopic (exact) mass is 499 g/mol. The number of rotatable bonds is 5. The summed E-state index contributed by atoms with van der Waals surface area (Å²) in [4.78, 5) is 18.1. The number of para-hydroxylation sites is 2. The van der Waals surface area contributed by atoms with Crippen molar-refractivity contribution in [2.75, 3.05) is 0 Å². The van der Waals surface area contributed by atoms with Crippen molar-refractivity contribution in [1.82, 2.24) is 24.1 Å². The summed E-state index contributed by atoms with van der Waals surface area (Å²) in [6.45, 7) is 1.97. The molecule has 0 aliphatic rings. The predicted molar refractivity (Wildman–Crippen MR) is 137 cm³/mol. The molecule has 35 heavy (non-hydrogen) atoms. The van der Waals surface area contributed by atoms with E-state index in [1.165, 1.54) is 11.8 Å². The Kier molecular flexibility index (Phi) is 5.39. The highest BCUT2D eigenvalue weighted by Crippen LogP contribution is 2.28. The summed E-state index contributed by atoms with van der Waals surface area (Å²) >= 11 is 7.57. The molecule has 0 N–H and O–H groups in total. The van der Waals surface area contributed by atoms with Crippen molar-refractivity contribution in [2.45, 2.75) is 17.8 Å². The summed E-state index contributed by atoms with van der Waals surface area (Å²) in [5.41, 5.74) is 3.95. The van der Waals surface area contributed by atoms with Gasteiger partial charge in [0.15, 0.2) is 5.16 Å². The van der Waals surface area contributed by atoms with Gasteiger partial charge >= 0.3 is 0 Å². The molecule has 9 heteroatoms. The number of nitrogens with zero attached hydrogens (tertiary/aromatic N) is 5. The zero-order valence-electron chi connectivity index (χ0n) is 18.6. The molecule has 172 valence electrons. The molecule has 0 amide bonds. The average Bonchev–Trinajstić information content (AvgIpc) is 3.51. The largest absolute Gasteiger partial charge is 0.444 e. The maximum absolute atomic E-state index is 13.5. The van der Waals surface area contributed by atoms with Crippen LogP contribution in [0.3, 0.4) is 0 Å². The molecule has 3 aromatic heterocycles. The highest BCUT2D eigenvalue weighted by molar-refractivity contribution is 7.98. The van der Waals surface area contributed by atoms with Crippen LogP contribution in [0.4, 0.5) is 0 Å². The van der Waals surface area contributed by atoms with Crippen LogP contribution in [0.15, 0.2) is 93.4 Å². The SMILES string of the molecule is Cc1ccccc1-n1c(=O)c2ccccc2n2c(SCc3coc(-c4cccc(Cl)c4)n3)nnc12. The second-order valence-corrected chi connectivity index (χ2v) is 9.38. The molecule has 3 heterocycles. The van der Waals surface area contributed by atoms with Crippen molar-refractivity contribution in [3.63, 3.8) is 0 Å². The van der Waals surface area contributed by atoms with Crippen LogP contribution < -0.4 is 5.56 Å². The number of aromatic nitrogens is 5. The van der Waals surface area contributed by atoms with Crippen LogP contribution in [0.2, 0.25) is 5.02 Å². The zero-order valence-corrected chi connectivity index (χ0v) is 20.1. The minimum absolute atomic E-state index is 0.131. The van der Waals surface area contributed by atoms with E-state index in [0.717, 1.165) is 28.0 Å². The van der Waals surface area contributed by atoms with E-state index in [9.17, 15) is 4.79 Å². The summed E-state index contributed by atoms with van der Waals surface area (Å²) in [6.07, 6.45) is 1.63. The predicted octanol–water partition coefficient (Wildman–Crippen LogP) is 5.94. The number of aryl methyl sites for hydroxylation is 1. The number of benzene rings is 3. The minimum Gasteiger partial charge on any atom is -0.444 e. The number of oxazole rings is 1. The fourth-order valence-electron chi connectivity index (χ4n) is 4.07. The lowest BCUT2D eigenvalue weighted by molar-refractivity contribution is 0.573. The molecule has 6 aromatic rings. The standard InChI is InChI=1S/C26H18ClN5O2S/c1-16-7-2-4-11-21(16)31-24(33)20-10-3-5-12-22(20)32-25(31)29-30-26(32)35-15-19-14-34-23(28-19)17-8-6-9-18(27)13-17/h2-14H,15H2,1H3. The van der Waals surface area contributed by atoms with Crippen molar-refractivity contribution in [2.24, 2.45) is 0 Å². The Morgan fingerprint density at radius 2 is 1.83 bits per heavy atom. The molecule has 7 nitrogen and oxygen atoms in total. The first kappa shape index (κ1) is 21.6. The molecule has 0 saturated carbocycles. The highest BCUT2D eigenvalue weighted by Gasteiger charge is 2.19. The van der Waals surface area contributed by atoms with Crippen LogP contribution in [-0.2, 0) is 5.75 Å². The Balaban J connectivity index is 1.43. The van der Waals surface area contributed by atoms with E-state index in [0.29, 0.717) is 33.0 Å². The molecule has 0 aliphatic heterocycles. The average molecular weight is 500 g/mol. The van der Waals surface area contributed by atoms with Crippen molar-refractivity contribution >= 4 is 40.0 Å². The lowest BCUT2D eigenvalue weighted by atomic mass is 10.2. The lowest BCUT2D eigenvalue weighted by Gasteiger charge is -2.13. The lowest BCUT2D eigenvalue weighted by Crippen LogP contribution is -2.22. The van der Waals surface area contributed by atoms with Gasteiger partial charge in [-0.1, -0.05) is 59.8 Å². The van der Waals surface area contributed by atoms with Gasteiger partial charge in [0.25, 0.3) is 5.56 Å². The molecule has 6 rings (SSSR count). The Bertz CT molecular complexity index is 1770. The first-order valence-corrected chi connectivity index (χ1v) is 12.2. The maximum atomic E-state index is 13.5. The van der Waals surface area contributed by atoms with Crippen LogP contribution in [0.25, 0.3) is 33.8 Å². The molecule has 0 aliphatic carbocycles. The van der Waals surface area contributed by atoms with Crippen LogP contribution in [0.1, 0.15) is 11.3 Å². The van der Waals surface area contributed by atoms with Crippen molar-refractivity contribution in [3.8, 4) is 17.1 Å². The van der Waals surface area contributed by atoms with Crippen LogP contribution in [0.5, 0.6) is 0 Å². The normalized spacial score (nSPS) is 11.5. The second kappa shape index (κ2) is 8.72. The van der Waals surface area contributed by atoms with E-state index < -0.39 is 0 Å². The quantitative estimate of drug-likeness (QED) is 0.273. The number of thioether (sulfide) groups is 1. The Hall–Kier alpha value is -3.88. The molecular weight excluding hydrogens is 482 g/mol. The number of fused-ring (bicyclic) bond motifs is 3. The van der Waals surface area contributed by atoms with Crippen molar-refractivity contribution < 1.29 is 4.42 Å². The van der Waals surface area contributed by atoms with Gasteiger partial charge in [-0.25, -0.2) is 9.55 Å². The van der Waals surface area contributed by atoms with Crippen LogP contribution in [-0.4, -0.2) is 24.1 Å². The first-order chi connectivity index (χ1) is 17.1. The van der Waals surface area contributed by atoms with Gasteiger partial charge in [0.1, 0.15) is 6.26 Å². The highest BCUT2D eigenvalue weighted by atomic mass is 35.5. The molecule has 0 atom stereocenters. The van der Waals surface area contributed by atoms with Gasteiger partial charge in [-0.3, -0.25) is 9.20 Å². The number of halogens is 1. The van der Waals surface area contributed by atoms with Gasteiger partial charge in [0.2, 0.25) is 11.7 Å². The molecular formula is C26H18ClN5O2S. The third-order valence-electron chi connectivity index (χ3n) is 5.72. The molecule has 0 saturated heterocycles. The van der Waals surface area contributed by atoms with Crippen molar-refractivity contribution in [3.05, 3.63) is 106 Å². The fraction of sp³-hybridized carbons (Fsp3) is 0.0769. The third-order valence-corrected chi connectivity index (χ3v) is 6.92. The molecule has 0 fully saturated rings. The summed E-state index contributed by atoms with van der Waals surface area (Å²) in [6, 6.07) is 22.6. The van der Waals surface area contributed by atoms with E-state index in [-0.39, 0.29) is 5.56 Å². The van der Waals surface area contributed by atoms with Crippen LogP contribution >= 0.6 is 23.4 Å². The molecule has 0 unspecified atom stereocenters. The summed E-state index contributed by atoms with van der Waals surface area (Å²) in [5.74, 6) is 1.49. The van der Waals surface area contributed by atoms with E-state index in [1.807, 2.05) is 84.1 Å². The van der Waals surface area contributed by atoms with Crippen molar-refractivity contribution in [1.29, 1.82) is 0 Å². The Morgan fingerprint density at radius 3 is 2.69 bits per heavy atom. The number of hydrogen-bond acceptors (Lipinski definition) is 6. The second-order valence-electron chi connectivity index (χ2n) is 8.01. The van der Waals surface area contributed by atoms with Gasteiger partial charge in [-0.05, 0) is 48.9 Å².